The van der Waals surface area contributed by atoms with Gasteiger partial charge in [-0.1, -0.05) is 0 Å². The molecule has 0 aromatic heterocycles. The molecule has 0 saturated heterocycles. The summed E-state index contributed by atoms with van der Waals surface area (Å²) in [6.07, 6.45) is 2.39. The molecule has 1 heterocycles. The van der Waals surface area contributed by atoms with E-state index in [0.29, 0.717) is 40.9 Å². The Labute approximate surface area is 243 Å². The summed E-state index contributed by atoms with van der Waals surface area (Å²) in [6, 6.07) is -2.40. The van der Waals surface area contributed by atoms with Crippen molar-refractivity contribution in [2.24, 2.45) is 0 Å². The van der Waals surface area contributed by atoms with Gasteiger partial charge in [0.25, 0.3) is 11.8 Å². The van der Waals surface area contributed by atoms with Crippen LogP contribution in [0.15, 0.2) is 12.2 Å². The standard InChI is InChI=1S/C21H28N7O11.Pb/c1-12(20(37)24-8-15(31)26-11-39-5-4-29)27-16(32)9-23-14(30)7-25-21(38)13(6-22-10-19(35)36)28-17(33)2-3-18(28)34;/h2-4,12-13,22H,1,5-11H2,(H,23,30)(H,24,37)(H,25,38)(H,26,31)(H,27,32)(H,35,36);. The molecule has 217 valence electrons. The van der Waals surface area contributed by atoms with Crippen molar-refractivity contribution < 1.29 is 53.0 Å². The predicted octanol–water partition coefficient (Wildman–Crippen LogP) is -6.34. The van der Waals surface area contributed by atoms with Crippen molar-refractivity contribution in [3.05, 3.63) is 12.2 Å². The van der Waals surface area contributed by atoms with E-state index in [9.17, 15) is 43.2 Å². The first-order valence-electron chi connectivity index (χ1n) is 11.5. The molecule has 7 amide bonds. The van der Waals surface area contributed by atoms with E-state index in [2.05, 4.69) is 31.9 Å². The summed E-state index contributed by atoms with van der Waals surface area (Å²) in [7, 11) is 0. The van der Waals surface area contributed by atoms with Gasteiger partial charge in [-0.15, -0.1) is 0 Å². The average Bonchev–Trinajstić information content (AvgIpc) is 3.25. The van der Waals surface area contributed by atoms with Crippen LogP contribution < -0.4 is 31.9 Å². The van der Waals surface area contributed by atoms with Crippen molar-refractivity contribution in [1.82, 2.24) is 36.8 Å². The van der Waals surface area contributed by atoms with E-state index >= 15 is 0 Å². The van der Waals surface area contributed by atoms with Gasteiger partial charge in [0.15, 0.2) is 0 Å². The van der Waals surface area contributed by atoms with Crippen LogP contribution in [0.5, 0.6) is 0 Å². The fourth-order valence-electron chi connectivity index (χ4n) is 2.91. The Morgan fingerprint density at radius 3 is 2.02 bits per heavy atom. The monoisotopic (exact) mass is 762 g/mol. The molecule has 0 saturated carbocycles. The molecule has 18 nitrogen and oxygen atoms in total. The van der Waals surface area contributed by atoms with Gasteiger partial charge in [0.2, 0.25) is 0 Å². The number of carbonyl (C=O) groups excluding carboxylic acids is 8. The average molecular weight is 762 g/mol. The third-order valence-electron chi connectivity index (χ3n) is 4.78. The van der Waals surface area contributed by atoms with E-state index in [1.807, 2.05) is 0 Å². The van der Waals surface area contributed by atoms with Gasteiger partial charge in [-0.05, 0) is 0 Å². The van der Waals surface area contributed by atoms with Gasteiger partial charge in [-0.3, -0.25) is 14.4 Å². The number of aliphatic carboxylic acids is 1. The van der Waals surface area contributed by atoms with E-state index in [1.54, 1.807) is 0 Å². The number of carboxylic acid groups (broad SMARTS) is 1. The third-order valence-corrected chi connectivity index (χ3v) is 6.36. The van der Waals surface area contributed by atoms with Gasteiger partial charge in [-0.2, -0.15) is 0 Å². The number of aldehydes is 1. The maximum atomic E-state index is 12.6. The number of hydrogen-bond acceptors (Lipinski definition) is 11. The number of hydrogen-bond donors (Lipinski definition) is 7. The molecule has 40 heavy (non-hydrogen) atoms. The van der Waals surface area contributed by atoms with E-state index in [1.165, 1.54) is 0 Å². The maximum absolute atomic E-state index is 12.6. The molecule has 0 spiro atoms. The van der Waals surface area contributed by atoms with Crippen LogP contribution in [0, 0.1) is 0 Å². The zero-order chi connectivity index (χ0) is 30.1. The van der Waals surface area contributed by atoms with Crippen LogP contribution in [0.2, 0.25) is 3.98 Å². The quantitative estimate of drug-likeness (QED) is 0.0213. The number of rotatable bonds is 19. The fraction of sp³-hybridized carbons (Fsp3) is 0.476. The molecule has 1 aliphatic rings. The van der Waals surface area contributed by atoms with E-state index in [4.69, 9.17) is 9.84 Å². The minimum atomic E-state index is -1.44. The second kappa shape index (κ2) is 18.5. The summed E-state index contributed by atoms with van der Waals surface area (Å²) in [4.78, 5) is 106. The molecule has 2 unspecified atom stereocenters. The SMILES string of the molecule is O=CCOCNC(=O)CNC(=O)C([CH2][Pb])NC(=O)CNC(=O)CNC(=O)C(CNCC(=O)O)N1C(=O)C=CC1=O. The zero-order valence-electron chi connectivity index (χ0n) is 21.0. The summed E-state index contributed by atoms with van der Waals surface area (Å²) in [5.41, 5.74) is 0. The van der Waals surface area contributed by atoms with E-state index in [-0.39, 0.29) is 19.9 Å². The Bertz CT molecular complexity index is 1020. The molecule has 7 N–H and O–H groups in total. The molecule has 1 aliphatic heterocycles. The van der Waals surface area contributed by atoms with Crippen molar-refractivity contribution in [2.45, 2.75) is 16.1 Å². The Morgan fingerprint density at radius 2 is 1.45 bits per heavy atom. The minimum absolute atomic E-state index is 0.199. The first-order valence-corrected chi connectivity index (χ1v) is 14.3. The second-order valence-corrected chi connectivity index (χ2v) is 9.33. The molecule has 19 heteroatoms. The smallest absolute Gasteiger partial charge is 0.480 e. The first kappa shape index (κ1) is 34.2. The number of amides is 7. The number of nitrogens with one attached hydrogen (secondary N) is 6. The van der Waals surface area contributed by atoms with Crippen molar-refractivity contribution in [1.29, 1.82) is 0 Å². The topological polar surface area (TPSA) is 259 Å². The molecule has 2 atom stereocenters. The normalized spacial score (nSPS) is 13.7. The van der Waals surface area contributed by atoms with Crippen LogP contribution in [-0.4, -0.2) is 148 Å². The summed E-state index contributed by atoms with van der Waals surface area (Å²) in [5.74, 6) is -6.47. The Balaban J connectivity index is 2.48. The molecule has 0 aromatic rings. The molecule has 0 aliphatic carbocycles. The van der Waals surface area contributed by atoms with Crippen LogP contribution in [0.4, 0.5) is 0 Å². The van der Waals surface area contributed by atoms with Crippen molar-refractivity contribution in [2.75, 3.05) is 46.1 Å². The molecule has 1 rings (SSSR count). The van der Waals surface area contributed by atoms with Gasteiger partial charge in [0.05, 0.1) is 6.54 Å². The van der Waals surface area contributed by atoms with E-state index in [0.717, 1.165) is 12.2 Å². The van der Waals surface area contributed by atoms with Crippen LogP contribution in [0.1, 0.15) is 0 Å². The molecular weight excluding hydrogens is 733 g/mol. The summed E-state index contributed by atoms with van der Waals surface area (Å²) in [6.45, 7) is -2.94. The fourth-order valence-corrected chi connectivity index (χ4v) is 4.03. The van der Waals surface area contributed by atoms with Gasteiger partial charge in [-0.25, -0.2) is 0 Å². The number of carbonyl (C=O) groups is 9. The predicted molar refractivity (Wildman–Crippen MR) is 132 cm³/mol. The first-order chi connectivity index (χ1) is 19.0. The molecule has 0 bridgehead atoms. The Morgan fingerprint density at radius 1 is 0.875 bits per heavy atom. The number of carboxylic acids is 1. The van der Waals surface area contributed by atoms with Crippen LogP contribution in [-0.2, 0) is 47.9 Å². The number of nitrogens with zero attached hydrogens (tertiary/aromatic N) is 1. The Hall–Kier alpha value is -3.79. The molecular formula is C21H28N7O11Pb. The molecule has 3 radical (unpaired) electrons. The van der Waals surface area contributed by atoms with Crippen LogP contribution in [0.25, 0.3) is 0 Å². The minimum Gasteiger partial charge on any atom is -0.480 e. The third kappa shape index (κ3) is 12.8. The van der Waals surface area contributed by atoms with Gasteiger partial charge in [0, 0.05) is 12.2 Å². The molecule has 0 fully saturated rings. The Kier molecular flexibility index (Phi) is 15.8. The van der Waals surface area contributed by atoms with Gasteiger partial charge < -0.3 is 10.4 Å². The van der Waals surface area contributed by atoms with Crippen molar-refractivity contribution >= 4 is 79.4 Å². The van der Waals surface area contributed by atoms with Crippen molar-refractivity contribution in [3.63, 3.8) is 0 Å². The number of ether oxygens (including phenoxy) is 1. The van der Waals surface area contributed by atoms with Crippen molar-refractivity contribution in [3.8, 4) is 0 Å². The summed E-state index contributed by atoms with van der Waals surface area (Å²) < 4.78 is 5.05. The molecule has 0 aromatic carbocycles. The summed E-state index contributed by atoms with van der Waals surface area (Å²) >= 11 is 0.520. The van der Waals surface area contributed by atoms with Crippen LogP contribution >= 0.6 is 0 Å². The summed E-state index contributed by atoms with van der Waals surface area (Å²) in [5, 5.41) is 22.7. The zero-order valence-corrected chi connectivity index (χ0v) is 24.9. The number of imide groups is 1. The van der Waals surface area contributed by atoms with Gasteiger partial charge >= 0.3 is 188 Å². The van der Waals surface area contributed by atoms with Crippen LogP contribution in [0.3, 0.4) is 0 Å². The van der Waals surface area contributed by atoms with E-state index < -0.39 is 85.6 Å². The second-order valence-electron chi connectivity index (χ2n) is 7.74. The van der Waals surface area contributed by atoms with Gasteiger partial charge in [0.1, 0.15) is 0 Å².